The van der Waals surface area contributed by atoms with Gasteiger partial charge in [0.25, 0.3) is 0 Å². The molecule has 1 aromatic heterocycles. The van der Waals surface area contributed by atoms with Gasteiger partial charge in [-0.2, -0.15) is 5.10 Å². The van der Waals surface area contributed by atoms with E-state index in [-0.39, 0.29) is 5.41 Å². The van der Waals surface area contributed by atoms with Gasteiger partial charge < -0.3 is 5.73 Å². The molecule has 0 aliphatic rings. The largest absolute Gasteiger partial charge is 0.330 e. The fourth-order valence-electron chi connectivity index (χ4n) is 2.36. The van der Waals surface area contributed by atoms with Crippen LogP contribution in [0.5, 0.6) is 0 Å². The maximum atomic E-state index is 5.84. The van der Waals surface area contributed by atoms with Gasteiger partial charge in [-0.25, -0.2) is 0 Å². The molecule has 0 aliphatic carbocycles. The predicted molar refractivity (Wildman–Crippen MR) is 76.4 cm³/mol. The molecule has 2 N–H and O–H groups in total. The van der Waals surface area contributed by atoms with Gasteiger partial charge in [-0.15, -0.1) is 0 Å². The van der Waals surface area contributed by atoms with Crippen LogP contribution in [0.2, 0.25) is 0 Å². The lowest BCUT2D eigenvalue weighted by molar-refractivity contribution is 0.147. The number of nitrogens with zero attached hydrogens (tertiary/aromatic N) is 3. The number of hydrogen-bond donors (Lipinski definition) is 1. The summed E-state index contributed by atoms with van der Waals surface area (Å²) in [5, 5.41) is 4.43. The number of aromatic nitrogens is 2. The first-order valence-corrected chi connectivity index (χ1v) is 6.75. The summed E-state index contributed by atoms with van der Waals surface area (Å²) in [5.41, 5.74) is 8.42. The Balaban J connectivity index is 2.86. The first-order valence-electron chi connectivity index (χ1n) is 6.75. The summed E-state index contributed by atoms with van der Waals surface area (Å²) in [5.74, 6) is 0. The van der Waals surface area contributed by atoms with Crippen molar-refractivity contribution in [1.82, 2.24) is 14.7 Å². The van der Waals surface area contributed by atoms with E-state index in [0.29, 0.717) is 12.6 Å². The van der Waals surface area contributed by atoms with Gasteiger partial charge in [-0.05, 0) is 32.4 Å². The van der Waals surface area contributed by atoms with Crippen LogP contribution in [0.3, 0.4) is 0 Å². The van der Waals surface area contributed by atoms with Crippen LogP contribution in [0.1, 0.15) is 45.0 Å². The minimum atomic E-state index is 0.153. The molecule has 1 heterocycles. The summed E-state index contributed by atoms with van der Waals surface area (Å²) in [6, 6.07) is 0.384. The van der Waals surface area contributed by atoms with Crippen molar-refractivity contribution in [3.8, 4) is 0 Å². The van der Waals surface area contributed by atoms with E-state index in [1.54, 1.807) is 0 Å². The molecule has 0 amide bonds. The van der Waals surface area contributed by atoms with Gasteiger partial charge in [0.2, 0.25) is 0 Å². The molecular formula is C14H28N4. The number of nitrogens with two attached hydrogens (primary N) is 1. The first-order chi connectivity index (χ1) is 8.30. The second-order valence-corrected chi connectivity index (χ2v) is 5.95. The Morgan fingerprint density at radius 3 is 2.50 bits per heavy atom. The summed E-state index contributed by atoms with van der Waals surface area (Å²) in [4.78, 5) is 2.47. The zero-order chi connectivity index (χ0) is 13.9. The molecule has 104 valence electrons. The molecule has 0 saturated heterocycles. The Labute approximate surface area is 111 Å². The zero-order valence-electron chi connectivity index (χ0n) is 12.7. The number of aryl methyl sites for hydroxylation is 2. The molecule has 0 aromatic carbocycles. The SMILES string of the molecule is CCN(CC(C)(C)CN)C(C)c1cn(C)nc1C. The summed E-state index contributed by atoms with van der Waals surface area (Å²) < 4.78 is 1.89. The molecule has 0 fully saturated rings. The topological polar surface area (TPSA) is 47.1 Å². The fourth-order valence-corrected chi connectivity index (χ4v) is 2.36. The lowest BCUT2D eigenvalue weighted by atomic mass is 9.92. The molecule has 1 unspecified atom stereocenters. The smallest absolute Gasteiger partial charge is 0.0641 e. The van der Waals surface area contributed by atoms with Gasteiger partial charge >= 0.3 is 0 Å². The minimum Gasteiger partial charge on any atom is -0.330 e. The maximum absolute atomic E-state index is 5.84. The third kappa shape index (κ3) is 3.56. The van der Waals surface area contributed by atoms with Gasteiger partial charge in [-0.3, -0.25) is 9.58 Å². The second kappa shape index (κ2) is 5.85. The van der Waals surface area contributed by atoms with E-state index < -0.39 is 0 Å². The maximum Gasteiger partial charge on any atom is 0.0641 e. The van der Waals surface area contributed by atoms with E-state index in [0.717, 1.165) is 18.8 Å². The van der Waals surface area contributed by atoms with Crippen LogP contribution in [0.15, 0.2) is 6.20 Å². The highest BCUT2D eigenvalue weighted by atomic mass is 15.3. The lowest BCUT2D eigenvalue weighted by Gasteiger charge is -2.35. The zero-order valence-corrected chi connectivity index (χ0v) is 12.7. The molecule has 1 atom stereocenters. The van der Waals surface area contributed by atoms with Gasteiger partial charge in [0, 0.05) is 31.4 Å². The summed E-state index contributed by atoms with van der Waals surface area (Å²) in [7, 11) is 1.98. The van der Waals surface area contributed by atoms with Crippen LogP contribution in [-0.2, 0) is 7.05 Å². The highest BCUT2D eigenvalue weighted by Crippen LogP contribution is 2.26. The molecule has 0 bridgehead atoms. The van der Waals surface area contributed by atoms with Crippen molar-refractivity contribution in [3.05, 3.63) is 17.5 Å². The summed E-state index contributed by atoms with van der Waals surface area (Å²) in [6.07, 6.45) is 2.12. The van der Waals surface area contributed by atoms with Crippen molar-refractivity contribution in [2.75, 3.05) is 19.6 Å². The molecule has 0 spiro atoms. The first kappa shape index (κ1) is 15.2. The number of rotatable bonds is 6. The highest BCUT2D eigenvalue weighted by molar-refractivity contribution is 5.19. The van der Waals surface area contributed by atoms with Crippen LogP contribution in [0.4, 0.5) is 0 Å². The molecule has 4 heteroatoms. The molecule has 4 nitrogen and oxygen atoms in total. The van der Waals surface area contributed by atoms with Crippen LogP contribution in [-0.4, -0.2) is 34.3 Å². The fraction of sp³-hybridized carbons (Fsp3) is 0.786. The Morgan fingerprint density at radius 2 is 2.11 bits per heavy atom. The average Bonchev–Trinajstić information content (AvgIpc) is 2.64. The standard InChI is InChI=1S/C14H28N4/c1-7-18(10-14(4,5)9-15)12(3)13-8-17(6)16-11(13)2/h8,12H,7,9-10,15H2,1-6H3. The Hall–Kier alpha value is -0.870. The Morgan fingerprint density at radius 1 is 1.50 bits per heavy atom. The van der Waals surface area contributed by atoms with Crippen molar-refractivity contribution in [2.24, 2.45) is 18.2 Å². The van der Waals surface area contributed by atoms with Crippen molar-refractivity contribution in [3.63, 3.8) is 0 Å². The minimum absolute atomic E-state index is 0.153. The van der Waals surface area contributed by atoms with E-state index >= 15 is 0 Å². The van der Waals surface area contributed by atoms with Crippen LogP contribution in [0.25, 0.3) is 0 Å². The third-order valence-electron chi connectivity index (χ3n) is 3.64. The summed E-state index contributed by atoms with van der Waals surface area (Å²) >= 11 is 0. The van der Waals surface area contributed by atoms with Gasteiger partial charge in [0.15, 0.2) is 0 Å². The molecule has 0 saturated carbocycles. The predicted octanol–water partition coefficient (Wildman–Crippen LogP) is 2.10. The molecule has 0 radical (unpaired) electrons. The van der Waals surface area contributed by atoms with Crippen LogP contribution in [0, 0.1) is 12.3 Å². The monoisotopic (exact) mass is 252 g/mol. The second-order valence-electron chi connectivity index (χ2n) is 5.95. The van der Waals surface area contributed by atoms with Crippen LogP contribution < -0.4 is 5.73 Å². The van der Waals surface area contributed by atoms with Gasteiger partial charge in [0.05, 0.1) is 5.69 Å². The van der Waals surface area contributed by atoms with Crippen LogP contribution >= 0.6 is 0 Å². The molecule has 1 rings (SSSR count). The Kier molecular flexibility index (Phi) is 4.93. The van der Waals surface area contributed by atoms with Crippen molar-refractivity contribution >= 4 is 0 Å². The highest BCUT2D eigenvalue weighted by Gasteiger charge is 2.24. The lowest BCUT2D eigenvalue weighted by Crippen LogP contribution is -2.40. The van der Waals surface area contributed by atoms with Gasteiger partial charge in [-0.1, -0.05) is 20.8 Å². The number of hydrogen-bond acceptors (Lipinski definition) is 3. The normalized spacial score (nSPS) is 14.2. The van der Waals surface area contributed by atoms with Crippen molar-refractivity contribution in [2.45, 2.75) is 40.7 Å². The third-order valence-corrected chi connectivity index (χ3v) is 3.64. The van der Waals surface area contributed by atoms with Crippen molar-refractivity contribution < 1.29 is 0 Å². The quantitative estimate of drug-likeness (QED) is 0.843. The van der Waals surface area contributed by atoms with Gasteiger partial charge in [0.1, 0.15) is 0 Å². The molecular weight excluding hydrogens is 224 g/mol. The molecule has 18 heavy (non-hydrogen) atoms. The van der Waals surface area contributed by atoms with E-state index in [2.05, 4.69) is 50.8 Å². The molecule has 1 aromatic rings. The Bertz CT molecular complexity index is 381. The summed E-state index contributed by atoms with van der Waals surface area (Å²) in [6.45, 7) is 13.7. The molecule has 0 aliphatic heterocycles. The van der Waals surface area contributed by atoms with E-state index in [1.165, 1.54) is 5.56 Å². The van der Waals surface area contributed by atoms with E-state index in [4.69, 9.17) is 5.73 Å². The van der Waals surface area contributed by atoms with Crippen molar-refractivity contribution in [1.29, 1.82) is 0 Å². The van der Waals surface area contributed by atoms with E-state index in [9.17, 15) is 0 Å². The van der Waals surface area contributed by atoms with E-state index in [1.807, 2.05) is 11.7 Å². The average molecular weight is 252 g/mol.